The molecule has 0 saturated carbocycles. The molecule has 80 valence electrons. The van der Waals surface area contributed by atoms with E-state index in [4.69, 9.17) is 10.9 Å². The summed E-state index contributed by atoms with van der Waals surface area (Å²) in [5.74, 6) is 0. The highest BCUT2D eigenvalue weighted by molar-refractivity contribution is 7.89. The molecular weight excluding hydrogens is 202 g/mol. The van der Waals surface area contributed by atoms with Crippen LogP contribution in [-0.2, 0) is 16.6 Å². The van der Waals surface area contributed by atoms with Gasteiger partial charge < -0.3 is 11.5 Å². The summed E-state index contributed by atoms with van der Waals surface area (Å²) in [4.78, 5) is 0.111. The van der Waals surface area contributed by atoms with Gasteiger partial charge in [-0.2, -0.15) is 0 Å². The van der Waals surface area contributed by atoms with Crippen LogP contribution in [0.2, 0.25) is 0 Å². The van der Waals surface area contributed by atoms with Crippen LogP contribution >= 0.6 is 0 Å². The molecule has 0 fully saturated rings. The number of hydrogen-bond acceptors (Lipinski definition) is 4. The van der Waals surface area contributed by atoms with Crippen molar-refractivity contribution in [1.29, 1.82) is 0 Å². The quantitative estimate of drug-likeness (QED) is 0.612. The van der Waals surface area contributed by atoms with E-state index in [2.05, 4.69) is 5.73 Å². The Morgan fingerprint density at radius 1 is 1.14 bits per heavy atom. The maximum atomic E-state index is 10.8. The molecule has 1 aromatic rings. The van der Waals surface area contributed by atoms with Crippen LogP contribution in [0.3, 0.4) is 0 Å². The van der Waals surface area contributed by atoms with E-state index >= 15 is 0 Å². The van der Waals surface area contributed by atoms with Crippen molar-refractivity contribution in [1.82, 2.24) is 0 Å². The van der Waals surface area contributed by atoms with Gasteiger partial charge in [0.1, 0.15) is 0 Å². The average molecular weight is 217 g/mol. The molecule has 1 aromatic carbocycles. The van der Waals surface area contributed by atoms with Crippen molar-refractivity contribution in [3.8, 4) is 0 Å². The lowest BCUT2D eigenvalue weighted by Crippen LogP contribution is -2.12. The summed E-state index contributed by atoms with van der Waals surface area (Å²) in [6.07, 6.45) is 0. The normalized spacial score (nSPS) is 10.3. The number of rotatable bonds is 2. The first kappa shape index (κ1) is 13.1. The van der Waals surface area contributed by atoms with Gasteiger partial charge >= 0.3 is 0 Å². The number of primary sulfonamides is 1. The highest BCUT2D eigenvalue weighted by Gasteiger charge is 2.05. The summed E-state index contributed by atoms with van der Waals surface area (Å²) in [5, 5.41) is 4.89. The number of benzene rings is 1. The van der Waals surface area contributed by atoms with E-state index in [1.165, 1.54) is 19.2 Å². The van der Waals surface area contributed by atoms with Crippen LogP contribution in [0, 0.1) is 0 Å². The van der Waals surface area contributed by atoms with Crippen molar-refractivity contribution in [3.05, 3.63) is 29.8 Å². The molecule has 0 aromatic heterocycles. The second-order valence-corrected chi connectivity index (χ2v) is 3.95. The van der Waals surface area contributed by atoms with Crippen molar-refractivity contribution in [2.24, 2.45) is 16.6 Å². The van der Waals surface area contributed by atoms with Gasteiger partial charge in [0.25, 0.3) is 0 Å². The fourth-order valence-electron chi connectivity index (χ4n) is 0.815. The molecule has 0 aliphatic heterocycles. The first-order valence-electron chi connectivity index (χ1n) is 3.93. The minimum absolute atomic E-state index is 0.111. The van der Waals surface area contributed by atoms with Gasteiger partial charge in [-0.05, 0) is 24.7 Å². The molecule has 1 rings (SSSR count). The van der Waals surface area contributed by atoms with Crippen molar-refractivity contribution < 1.29 is 8.42 Å². The highest BCUT2D eigenvalue weighted by Crippen LogP contribution is 2.07. The molecule has 0 bridgehead atoms. The van der Waals surface area contributed by atoms with E-state index in [1.807, 2.05) is 0 Å². The van der Waals surface area contributed by atoms with Crippen LogP contribution in [0.1, 0.15) is 5.56 Å². The lowest BCUT2D eigenvalue weighted by Gasteiger charge is -1.98. The molecule has 0 aliphatic rings. The monoisotopic (exact) mass is 217 g/mol. The lowest BCUT2D eigenvalue weighted by molar-refractivity contribution is 0.598. The van der Waals surface area contributed by atoms with E-state index in [9.17, 15) is 8.42 Å². The van der Waals surface area contributed by atoms with E-state index in [0.29, 0.717) is 6.54 Å². The molecule has 6 heteroatoms. The molecule has 14 heavy (non-hydrogen) atoms. The van der Waals surface area contributed by atoms with Gasteiger partial charge in [0.15, 0.2) is 0 Å². The van der Waals surface area contributed by atoms with Gasteiger partial charge in [-0.15, -0.1) is 0 Å². The zero-order chi connectivity index (χ0) is 11.2. The predicted octanol–water partition coefficient (Wildman–Crippen LogP) is -0.632. The van der Waals surface area contributed by atoms with Gasteiger partial charge in [0, 0.05) is 6.54 Å². The van der Waals surface area contributed by atoms with Crippen molar-refractivity contribution >= 4 is 10.0 Å². The van der Waals surface area contributed by atoms with Crippen LogP contribution in [0.4, 0.5) is 0 Å². The summed E-state index contributed by atoms with van der Waals surface area (Å²) in [5.41, 5.74) is 10.7. The van der Waals surface area contributed by atoms with Gasteiger partial charge in [0.2, 0.25) is 10.0 Å². The van der Waals surface area contributed by atoms with Crippen LogP contribution in [0.15, 0.2) is 29.2 Å². The molecule has 0 radical (unpaired) electrons. The molecule has 0 saturated heterocycles. The Morgan fingerprint density at radius 3 is 1.86 bits per heavy atom. The Hall–Kier alpha value is -0.950. The Kier molecular flexibility index (Phi) is 5.32. The zero-order valence-electron chi connectivity index (χ0n) is 7.97. The number of sulfonamides is 1. The smallest absolute Gasteiger partial charge is 0.238 e. The fraction of sp³-hybridized carbons (Fsp3) is 0.250. The van der Waals surface area contributed by atoms with Gasteiger partial charge in [0.05, 0.1) is 4.90 Å². The Morgan fingerprint density at radius 2 is 1.57 bits per heavy atom. The van der Waals surface area contributed by atoms with Crippen LogP contribution in [0.25, 0.3) is 0 Å². The molecule has 5 nitrogen and oxygen atoms in total. The third-order valence-corrected chi connectivity index (χ3v) is 2.42. The average Bonchev–Trinajstić information content (AvgIpc) is 2.20. The second-order valence-electron chi connectivity index (χ2n) is 2.39. The topological polar surface area (TPSA) is 112 Å². The fourth-order valence-corrected chi connectivity index (χ4v) is 1.33. The molecule has 0 atom stereocenters. The summed E-state index contributed by atoms with van der Waals surface area (Å²) >= 11 is 0. The second kappa shape index (κ2) is 5.71. The van der Waals surface area contributed by atoms with E-state index in [1.54, 1.807) is 12.1 Å². The van der Waals surface area contributed by atoms with Crippen molar-refractivity contribution in [2.75, 3.05) is 7.05 Å². The van der Waals surface area contributed by atoms with Crippen molar-refractivity contribution in [2.45, 2.75) is 11.4 Å². The highest BCUT2D eigenvalue weighted by atomic mass is 32.2. The maximum Gasteiger partial charge on any atom is 0.238 e. The number of nitrogens with two attached hydrogens (primary N) is 3. The van der Waals surface area contributed by atoms with Crippen LogP contribution < -0.4 is 16.6 Å². The molecule has 6 N–H and O–H groups in total. The zero-order valence-corrected chi connectivity index (χ0v) is 8.79. The van der Waals surface area contributed by atoms with Crippen LogP contribution in [-0.4, -0.2) is 15.5 Å². The number of hydrogen-bond donors (Lipinski definition) is 3. The summed E-state index contributed by atoms with van der Waals surface area (Å²) in [6, 6.07) is 6.16. The van der Waals surface area contributed by atoms with E-state index in [-0.39, 0.29) is 4.90 Å². The predicted molar refractivity (Wildman–Crippen MR) is 55.8 cm³/mol. The summed E-state index contributed by atoms with van der Waals surface area (Å²) in [7, 11) is -2.07. The lowest BCUT2D eigenvalue weighted by atomic mass is 10.2. The molecule has 0 heterocycles. The molecule has 0 unspecified atom stereocenters. The first-order valence-corrected chi connectivity index (χ1v) is 5.48. The molecular formula is C8H15N3O2S. The molecule has 0 aliphatic carbocycles. The molecule has 0 amide bonds. The van der Waals surface area contributed by atoms with E-state index < -0.39 is 10.0 Å². The summed E-state index contributed by atoms with van der Waals surface area (Å²) < 4.78 is 21.6. The largest absolute Gasteiger partial charge is 0.333 e. The first-order chi connectivity index (χ1) is 6.54. The van der Waals surface area contributed by atoms with Gasteiger partial charge in [-0.25, -0.2) is 13.6 Å². The SMILES string of the molecule is CN.NCc1ccc(S(N)(=O)=O)cc1. The van der Waals surface area contributed by atoms with Crippen molar-refractivity contribution in [3.63, 3.8) is 0 Å². The Balaban J connectivity index is 0.000000791. The Labute approximate surface area is 83.9 Å². The third-order valence-electron chi connectivity index (χ3n) is 1.49. The minimum atomic E-state index is -3.57. The standard InChI is InChI=1S/C7H10N2O2S.CH5N/c8-5-6-1-3-7(4-2-6)12(9,10)11;1-2/h1-4H,5,8H2,(H2,9,10,11);2H2,1H3. The van der Waals surface area contributed by atoms with E-state index in [0.717, 1.165) is 5.56 Å². The van der Waals surface area contributed by atoms with Crippen LogP contribution in [0.5, 0.6) is 0 Å². The minimum Gasteiger partial charge on any atom is -0.333 e. The molecule has 0 spiro atoms. The van der Waals surface area contributed by atoms with Gasteiger partial charge in [-0.1, -0.05) is 12.1 Å². The Bertz CT molecular complexity index is 359. The van der Waals surface area contributed by atoms with Gasteiger partial charge in [-0.3, -0.25) is 0 Å². The summed E-state index contributed by atoms with van der Waals surface area (Å²) in [6.45, 7) is 0.394. The maximum absolute atomic E-state index is 10.8. The third kappa shape index (κ3) is 3.84.